The molecule has 0 saturated carbocycles. The Hall–Kier alpha value is -4.56. The van der Waals surface area contributed by atoms with Gasteiger partial charge in [0.15, 0.2) is 0 Å². The summed E-state index contributed by atoms with van der Waals surface area (Å²) in [7, 11) is 0. The van der Waals surface area contributed by atoms with Crippen LogP contribution in [0.2, 0.25) is 0 Å². The van der Waals surface area contributed by atoms with Crippen molar-refractivity contribution in [3.63, 3.8) is 0 Å². The second-order valence-corrected chi connectivity index (χ2v) is 14.1. The van der Waals surface area contributed by atoms with E-state index in [1.54, 1.807) is 0 Å². The predicted octanol–water partition coefficient (Wildman–Crippen LogP) is 3.38. The van der Waals surface area contributed by atoms with Gasteiger partial charge in [0.25, 0.3) is 0 Å². The minimum atomic E-state index is -0.945. The number of aromatic amines is 4. The van der Waals surface area contributed by atoms with Crippen LogP contribution in [-0.4, -0.2) is 64.2 Å². The third-order valence-corrected chi connectivity index (χ3v) is 11.1. The lowest BCUT2D eigenvalue weighted by Crippen LogP contribution is -2.16. The van der Waals surface area contributed by atoms with E-state index in [9.17, 15) is 39.6 Å². The number of aromatic nitrogens is 4. The van der Waals surface area contributed by atoms with E-state index in [1.807, 2.05) is 39.8 Å². The first-order valence-electron chi connectivity index (χ1n) is 16.1. The minimum absolute atomic E-state index is 0.0902. The van der Waals surface area contributed by atoms with Crippen molar-refractivity contribution in [2.24, 2.45) is 0 Å². The van der Waals surface area contributed by atoms with Gasteiger partial charge >= 0.3 is 23.9 Å². The fraction of sp³-hybridized carbons (Fsp3) is 0.333. The Kier molecular flexibility index (Phi) is 10.8. The zero-order chi connectivity index (χ0) is 36.6. The Morgan fingerprint density at radius 2 is 0.980 bits per heavy atom. The smallest absolute Gasteiger partial charge is 0.303 e. The van der Waals surface area contributed by atoms with Crippen LogP contribution in [0, 0.1) is 27.7 Å². The largest absolute Gasteiger partial charge is 0.481 e. The molecule has 5 heterocycles. The van der Waals surface area contributed by atoms with Crippen molar-refractivity contribution in [1.29, 1.82) is 0 Å². The van der Waals surface area contributed by atoms with Gasteiger partial charge in [0.2, 0.25) is 0 Å². The molecular weight excluding hydrogens is 776 g/mol. The lowest BCUT2D eigenvalue weighted by molar-refractivity contribution is -0.138. The van der Waals surface area contributed by atoms with Crippen LogP contribution >= 0.6 is 31.9 Å². The summed E-state index contributed by atoms with van der Waals surface area (Å²) in [4.78, 5) is 60.8. The number of hydrogen-bond donors (Lipinski definition) is 8. The molecule has 14 heteroatoms. The normalized spacial score (nSPS) is 12.5. The lowest BCUT2D eigenvalue weighted by Gasteiger charge is -2.04. The number of carbonyl (C=O) groups is 4. The van der Waals surface area contributed by atoms with Crippen molar-refractivity contribution in [2.75, 3.05) is 0 Å². The van der Waals surface area contributed by atoms with Crippen molar-refractivity contribution < 1.29 is 39.6 Å². The summed E-state index contributed by atoms with van der Waals surface area (Å²) in [6.07, 6.45) is 4.38. The first kappa shape index (κ1) is 36.7. The number of nitrogens with one attached hydrogen (secondary N) is 4. The molecule has 0 atom stereocenters. The summed E-state index contributed by atoms with van der Waals surface area (Å²) in [5, 5.41) is 41.1. The van der Waals surface area contributed by atoms with Crippen molar-refractivity contribution in [3.05, 3.63) is 88.7 Å². The van der Waals surface area contributed by atoms with Crippen molar-refractivity contribution >= 4 is 76.9 Å². The second-order valence-electron chi connectivity index (χ2n) is 12.6. The van der Waals surface area contributed by atoms with Crippen LogP contribution in [0.3, 0.4) is 0 Å². The number of H-pyrrole nitrogens is 4. The fourth-order valence-corrected chi connectivity index (χ4v) is 8.18. The van der Waals surface area contributed by atoms with E-state index >= 15 is 0 Å². The number of fused-ring (bicyclic) bond motifs is 8. The highest BCUT2D eigenvalue weighted by atomic mass is 79.9. The summed E-state index contributed by atoms with van der Waals surface area (Å²) < 4.78 is 1.25. The maximum atomic E-state index is 11.7. The van der Waals surface area contributed by atoms with E-state index in [1.165, 1.54) is 0 Å². The van der Waals surface area contributed by atoms with Gasteiger partial charge in [-0.3, -0.25) is 19.2 Å². The van der Waals surface area contributed by atoms with E-state index in [0.29, 0.717) is 53.1 Å². The van der Waals surface area contributed by atoms with Gasteiger partial charge in [-0.25, -0.2) is 0 Å². The molecule has 0 aromatic carbocycles. The van der Waals surface area contributed by atoms with E-state index in [-0.39, 0.29) is 51.4 Å². The highest BCUT2D eigenvalue weighted by Gasteiger charge is 2.23. The number of halogens is 2. The molecule has 0 aliphatic carbocycles. The second kappa shape index (κ2) is 14.7. The first-order valence-corrected chi connectivity index (χ1v) is 17.7. The molecule has 1 aliphatic rings. The van der Waals surface area contributed by atoms with Crippen molar-refractivity contribution in [1.82, 2.24) is 19.9 Å². The fourth-order valence-electron chi connectivity index (χ4n) is 6.71. The number of aliphatic carboxylic acids is 4. The third kappa shape index (κ3) is 7.31. The highest BCUT2D eigenvalue weighted by molar-refractivity contribution is 9.15. The number of carboxylic acid groups (broad SMARTS) is 4. The molecule has 0 fully saturated rings. The summed E-state index contributed by atoms with van der Waals surface area (Å²) in [6.45, 7) is 7.62. The molecule has 50 heavy (non-hydrogen) atoms. The van der Waals surface area contributed by atoms with Crippen molar-refractivity contribution in [2.45, 2.75) is 79.1 Å². The molecule has 5 rings (SSSR count). The Morgan fingerprint density at radius 3 is 1.56 bits per heavy atom. The molecule has 4 aromatic heterocycles. The highest BCUT2D eigenvalue weighted by Crippen LogP contribution is 2.33. The zero-order valence-electron chi connectivity index (χ0n) is 28.0. The average molecular weight is 815 g/mol. The molecule has 8 N–H and O–H groups in total. The predicted molar refractivity (Wildman–Crippen MR) is 194 cm³/mol. The summed E-state index contributed by atoms with van der Waals surface area (Å²) >= 11 is 7.62. The quantitative estimate of drug-likeness (QED) is 0.106. The Bertz CT molecular complexity index is 2320. The van der Waals surface area contributed by atoms with Crippen LogP contribution in [0.4, 0.5) is 0 Å². The van der Waals surface area contributed by atoms with Crippen LogP contribution in [-0.2, 0) is 44.9 Å². The van der Waals surface area contributed by atoms with Gasteiger partial charge in [-0.2, -0.15) is 0 Å². The van der Waals surface area contributed by atoms with E-state index in [0.717, 1.165) is 44.5 Å². The molecule has 1 aliphatic heterocycles. The van der Waals surface area contributed by atoms with Crippen LogP contribution in [0.25, 0.3) is 21.1 Å². The minimum Gasteiger partial charge on any atom is -0.481 e. The summed E-state index contributed by atoms with van der Waals surface area (Å²) in [6, 6.07) is 0. The molecular formula is C36H38Br2N4O8. The Labute approximate surface area is 303 Å². The maximum Gasteiger partial charge on any atom is 0.303 e. The van der Waals surface area contributed by atoms with Gasteiger partial charge in [-0.1, -0.05) is 0 Å². The Balaban J connectivity index is 1.97. The Morgan fingerprint density at radius 1 is 0.500 bits per heavy atom. The van der Waals surface area contributed by atoms with Crippen LogP contribution < -0.4 is 21.4 Å². The molecule has 4 aromatic rings. The number of carboxylic acids is 4. The van der Waals surface area contributed by atoms with E-state index in [4.69, 9.17) is 0 Å². The monoisotopic (exact) mass is 812 g/mol. The van der Waals surface area contributed by atoms with Crippen LogP contribution in [0.1, 0.15) is 93.0 Å². The molecule has 0 saturated heterocycles. The van der Waals surface area contributed by atoms with Gasteiger partial charge in [0.05, 0.1) is 31.1 Å². The van der Waals surface area contributed by atoms with Gasteiger partial charge in [0, 0.05) is 47.8 Å². The van der Waals surface area contributed by atoms with E-state index in [2.05, 4.69) is 51.8 Å². The first-order chi connectivity index (χ1) is 23.6. The topological polar surface area (TPSA) is 212 Å². The molecule has 0 amide bonds. The third-order valence-electron chi connectivity index (χ3n) is 9.47. The lowest BCUT2D eigenvalue weighted by atomic mass is 10.0. The van der Waals surface area contributed by atoms with Gasteiger partial charge in [0.1, 0.15) is 0 Å². The van der Waals surface area contributed by atoms with Crippen molar-refractivity contribution in [3.8, 4) is 0 Å². The molecule has 0 radical (unpaired) electrons. The molecule has 0 unspecified atom stereocenters. The van der Waals surface area contributed by atoms with Crippen LogP contribution in [0.15, 0.2) is 0 Å². The van der Waals surface area contributed by atoms with E-state index < -0.39 is 23.9 Å². The summed E-state index contributed by atoms with van der Waals surface area (Å²) in [5.74, 6) is -3.76. The SMILES string of the molecule is Cc1c2[nH]c(c1CCC(=O)O)C=c1[nH]c(c(CCC(=O)O)c1C)=C(Br)c1[nH]c(c(CCC(=O)O)c1C)C(Br)=c1[nH]c(c(CCC(=O)O)c1C)=C2. The zero-order valence-corrected chi connectivity index (χ0v) is 31.2. The maximum absolute atomic E-state index is 11.7. The molecule has 264 valence electrons. The van der Waals surface area contributed by atoms with Crippen LogP contribution in [0.5, 0.6) is 0 Å². The number of rotatable bonds is 12. The molecule has 0 spiro atoms. The van der Waals surface area contributed by atoms with Gasteiger partial charge < -0.3 is 40.4 Å². The number of hydrogen-bond acceptors (Lipinski definition) is 4. The standard InChI is InChI=1S/C36H38Br2N4O8/c1-15-19(5-9-27(43)44)25-14-24-16(2)21(7-11-29(47)48)35(40-24)32(38)34-18(4)22(8-12-30(49)50)36(42-34)31(37)33-17(3)20(6-10-28(45)46)26(41-33)13-23(15)39-25/h13-14,39-42H,5-12H2,1-4H3,(H,43,44)(H,45,46)(H,47,48)(H,49,50). The molecule has 8 bridgehead atoms. The molecule has 12 nitrogen and oxygen atoms in total. The summed E-state index contributed by atoms with van der Waals surface area (Å²) in [5.41, 5.74) is 9.19. The van der Waals surface area contributed by atoms with Gasteiger partial charge in [-0.15, -0.1) is 0 Å². The van der Waals surface area contributed by atoms with Gasteiger partial charge in [-0.05, 0) is 142 Å². The average Bonchev–Trinajstić information content (AvgIpc) is 3.73.